The lowest BCUT2D eigenvalue weighted by Crippen LogP contribution is -2.06. The molecule has 206 valence electrons. The SMILES string of the molecule is c1ccc(-c2ccc(-c3nc(-c4ccccc4)nc(-n4c5ccccc5c5c6c(ccc54)sc4ccccc46)n3)cc2)cc1. The van der Waals surface area contributed by atoms with Crippen molar-refractivity contribution in [2.45, 2.75) is 0 Å². The van der Waals surface area contributed by atoms with Crippen molar-refractivity contribution in [2.75, 3.05) is 0 Å². The fourth-order valence-electron chi connectivity index (χ4n) is 6.24. The van der Waals surface area contributed by atoms with Crippen molar-refractivity contribution in [2.24, 2.45) is 0 Å². The van der Waals surface area contributed by atoms with Gasteiger partial charge in [-0.1, -0.05) is 121 Å². The van der Waals surface area contributed by atoms with Crippen molar-refractivity contribution < 1.29 is 0 Å². The van der Waals surface area contributed by atoms with Crippen molar-refractivity contribution in [3.63, 3.8) is 0 Å². The molecule has 0 unspecified atom stereocenters. The maximum atomic E-state index is 5.15. The lowest BCUT2D eigenvalue weighted by atomic mass is 10.0. The van der Waals surface area contributed by atoms with E-state index in [9.17, 15) is 0 Å². The van der Waals surface area contributed by atoms with Crippen LogP contribution in [-0.4, -0.2) is 19.5 Å². The second-order valence-electron chi connectivity index (χ2n) is 10.9. The van der Waals surface area contributed by atoms with Gasteiger partial charge in [0.25, 0.3) is 0 Å². The first-order chi connectivity index (χ1) is 21.8. The topological polar surface area (TPSA) is 43.6 Å². The predicted molar refractivity (Wildman–Crippen MR) is 183 cm³/mol. The van der Waals surface area contributed by atoms with E-state index in [0.29, 0.717) is 17.6 Å². The first kappa shape index (κ1) is 24.9. The Hall–Kier alpha value is -5.65. The Morgan fingerprint density at radius 3 is 1.70 bits per heavy atom. The summed E-state index contributed by atoms with van der Waals surface area (Å²) in [5.74, 6) is 1.89. The predicted octanol–water partition coefficient (Wildman–Crippen LogP) is 10.3. The number of fused-ring (bicyclic) bond motifs is 7. The molecule has 0 saturated carbocycles. The highest BCUT2D eigenvalue weighted by molar-refractivity contribution is 7.26. The molecule has 0 aliphatic carbocycles. The summed E-state index contributed by atoms with van der Waals surface area (Å²) in [4.78, 5) is 15.3. The Balaban J connectivity index is 1.32. The molecule has 0 amide bonds. The first-order valence-electron chi connectivity index (χ1n) is 14.6. The van der Waals surface area contributed by atoms with Gasteiger partial charge in [-0.15, -0.1) is 11.3 Å². The highest BCUT2D eigenvalue weighted by Crippen LogP contribution is 2.43. The summed E-state index contributed by atoms with van der Waals surface area (Å²) in [6.45, 7) is 0. The zero-order chi connectivity index (χ0) is 29.0. The van der Waals surface area contributed by atoms with Crippen LogP contribution in [0.25, 0.3) is 81.8 Å². The van der Waals surface area contributed by atoms with E-state index < -0.39 is 0 Å². The van der Waals surface area contributed by atoms with E-state index in [1.165, 1.54) is 36.5 Å². The van der Waals surface area contributed by atoms with Gasteiger partial charge in [0.1, 0.15) is 0 Å². The standard InChI is InChI=1S/C39H24N4S/c1-3-11-25(12-4-1)26-19-21-28(22-20-26)38-40-37(27-13-5-2-6-14-27)41-39(42-38)43-31-17-9-7-15-29(31)35-32(43)23-24-34-36(35)30-16-8-10-18-33(30)44-34/h1-24H. The lowest BCUT2D eigenvalue weighted by Gasteiger charge is -2.11. The summed E-state index contributed by atoms with van der Waals surface area (Å²) >= 11 is 1.84. The van der Waals surface area contributed by atoms with E-state index in [0.717, 1.165) is 27.7 Å². The minimum atomic E-state index is 0.603. The summed E-state index contributed by atoms with van der Waals surface area (Å²) in [6.07, 6.45) is 0. The maximum Gasteiger partial charge on any atom is 0.238 e. The largest absolute Gasteiger partial charge is 0.278 e. The number of benzene rings is 6. The van der Waals surface area contributed by atoms with Gasteiger partial charge < -0.3 is 0 Å². The molecule has 0 spiro atoms. The number of hydrogen-bond donors (Lipinski definition) is 0. The summed E-state index contributed by atoms with van der Waals surface area (Å²) in [7, 11) is 0. The van der Waals surface area contributed by atoms with Crippen molar-refractivity contribution >= 4 is 53.3 Å². The molecular formula is C39H24N4S. The van der Waals surface area contributed by atoms with Crippen LogP contribution >= 0.6 is 11.3 Å². The van der Waals surface area contributed by atoms with Crippen LogP contribution < -0.4 is 0 Å². The molecule has 9 aromatic rings. The number of rotatable bonds is 4. The fraction of sp³-hybridized carbons (Fsp3) is 0. The van der Waals surface area contributed by atoms with E-state index >= 15 is 0 Å². The molecular weight excluding hydrogens is 557 g/mol. The number of hydrogen-bond acceptors (Lipinski definition) is 4. The normalized spacial score (nSPS) is 11.6. The van der Waals surface area contributed by atoms with Crippen LogP contribution in [0.2, 0.25) is 0 Å². The maximum absolute atomic E-state index is 5.15. The summed E-state index contributed by atoms with van der Waals surface area (Å²) in [5.41, 5.74) is 6.38. The average Bonchev–Trinajstić information content (AvgIpc) is 3.64. The minimum absolute atomic E-state index is 0.603. The molecule has 6 aromatic carbocycles. The molecule has 0 bridgehead atoms. The van der Waals surface area contributed by atoms with Gasteiger partial charge in [-0.2, -0.15) is 9.97 Å². The van der Waals surface area contributed by atoms with Gasteiger partial charge >= 0.3 is 0 Å². The van der Waals surface area contributed by atoms with Crippen molar-refractivity contribution in [1.82, 2.24) is 19.5 Å². The van der Waals surface area contributed by atoms with Gasteiger partial charge in [-0.05, 0) is 35.4 Å². The third-order valence-electron chi connectivity index (χ3n) is 8.28. The number of para-hydroxylation sites is 1. The highest BCUT2D eigenvalue weighted by Gasteiger charge is 2.20. The molecule has 4 nitrogen and oxygen atoms in total. The molecule has 0 N–H and O–H groups in total. The van der Waals surface area contributed by atoms with Crippen LogP contribution in [0, 0.1) is 0 Å². The van der Waals surface area contributed by atoms with Gasteiger partial charge in [-0.3, -0.25) is 4.57 Å². The lowest BCUT2D eigenvalue weighted by molar-refractivity contribution is 0.953. The van der Waals surface area contributed by atoms with Crippen LogP contribution in [0.1, 0.15) is 0 Å². The van der Waals surface area contributed by atoms with Crippen molar-refractivity contribution in [3.05, 3.63) is 146 Å². The summed E-state index contributed by atoms with van der Waals surface area (Å²) in [5, 5.41) is 4.98. The Bertz CT molecular complexity index is 2480. The molecule has 0 radical (unpaired) electrons. The van der Waals surface area contributed by atoms with Gasteiger partial charge in [0.05, 0.1) is 11.0 Å². The quantitative estimate of drug-likeness (QED) is 0.208. The smallest absolute Gasteiger partial charge is 0.238 e. The van der Waals surface area contributed by atoms with Crippen molar-refractivity contribution in [3.8, 4) is 39.9 Å². The minimum Gasteiger partial charge on any atom is -0.278 e. The van der Waals surface area contributed by atoms with Gasteiger partial charge in [0, 0.05) is 42.1 Å². The van der Waals surface area contributed by atoms with Crippen LogP contribution in [0.3, 0.4) is 0 Å². The summed E-state index contributed by atoms with van der Waals surface area (Å²) in [6, 6.07) is 50.7. The molecule has 3 aromatic heterocycles. The van der Waals surface area contributed by atoms with Crippen LogP contribution in [0.15, 0.2) is 146 Å². The van der Waals surface area contributed by atoms with E-state index in [1.54, 1.807) is 0 Å². The Labute approximate surface area is 257 Å². The Morgan fingerprint density at radius 2 is 0.955 bits per heavy atom. The van der Waals surface area contributed by atoms with E-state index in [-0.39, 0.29) is 0 Å². The summed E-state index contributed by atoms with van der Waals surface area (Å²) < 4.78 is 4.77. The second-order valence-corrected chi connectivity index (χ2v) is 12.0. The molecule has 9 rings (SSSR count). The first-order valence-corrected chi connectivity index (χ1v) is 15.4. The highest BCUT2D eigenvalue weighted by atomic mass is 32.1. The number of nitrogens with zero attached hydrogens (tertiary/aromatic N) is 4. The van der Waals surface area contributed by atoms with Crippen molar-refractivity contribution in [1.29, 1.82) is 0 Å². The number of aromatic nitrogens is 4. The molecule has 0 aliphatic heterocycles. The van der Waals surface area contributed by atoms with Crippen LogP contribution in [0.4, 0.5) is 0 Å². The van der Waals surface area contributed by atoms with Crippen LogP contribution in [-0.2, 0) is 0 Å². The van der Waals surface area contributed by atoms with Gasteiger partial charge in [-0.25, -0.2) is 4.98 Å². The molecule has 0 aliphatic rings. The molecule has 0 saturated heterocycles. The van der Waals surface area contributed by atoms with E-state index in [1.807, 2.05) is 47.7 Å². The molecule has 5 heteroatoms. The third kappa shape index (κ3) is 3.94. The third-order valence-corrected chi connectivity index (χ3v) is 9.42. The second kappa shape index (κ2) is 9.97. The number of thiophene rings is 1. The molecule has 3 heterocycles. The molecule has 44 heavy (non-hydrogen) atoms. The van der Waals surface area contributed by atoms with Crippen LogP contribution in [0.5, 0.6) is 0 Å². The van der Waals surface area contributed by atoms with Gasteiger partial charge in [0.15, 0.2) is 11.6 Å². The van der Waals surface area contributed by atoms with E-state index in [2.05, 4.69) is 114 Å². The molecule has 0 fully saturated rings. The Kier molecular flexibility index (Phi) is 5.64. The zero-order valence-corrected chi connectivity index (χ0v) is 24.4. The monoisotopic (exact) mass is 580 g/mol. The fourth-order valence-corrected chi connectivity index (χ4v) is 7.36. The Morgan fingerprint density at radius 1 is 0.386 bits per heavy atom. The van der Waals surface area contributed by atoms with Gasteiger partial charge in [0.2, 0.25) is 5.95 Å². The zero-order valence-electron chi connectivity index (χ0n) is 23.6. The average molecular weight is 581 g/mol. The molecule has 0 atom stereocenters. The van der Waals surface area contributed by atoms with E-state index in [4.69, 9.17) is 15.0 Å².